The van der Waals surface area contributed by atoms with Crippen molar-refractivity contribution in [3.8, 4) is 0 Å². The predicted octanol–water partition coefficient (Wildman–Crippen LogP) is 1.65. The number of carbonyl (C=O) groups excluding carboxylic acids is 5. The van der Waals surface area contributed by atoms with Gasteiger partial charge in [0.1, 0.15) is 18.1 Å². The molecule has 0 aromatic heterocycles. The number of nitrogens with one attached hydrogen (secondary N) is 3. The highest BCUT2D eigenvalue weighted by molar-refractivity contribution is 5.95. The van der Waals surface area contributed by atoms with E-state index in [1.165, 1.54) is 0 Å². The molecule has 2 heterocycles. The zero-order chi connectivity index (χ0) is 36.1. The van der Waals surface area contributed by atoms with E-state index >= 15 is 0 Å². The van der Waals surface area contributed by atoms with Crippen LogP contribution in [-0.2, 0) is 36.8 Å². The summed E-state index contributed by atoms with van der Waals surface area (Å²) in [5.41, 5.74) is 13.8. The maximum Gasteiger partial charge on any atom is 0.245 e. The third-order valence-electron chi connectivity index (χ3n) is 9.96. The predicted molar refractivity (Wildman–Crippen MR) is 192 cm³/mol. The van der Waals surface area contributed by atoms with Crippen LogP contribution < -0.4 is 27.4 Å². The fraction of sp³-hybridized carbons (Fsp3) is 0.553. The summed E-state index contributed by atoms with van der Waals surface area (Å²) in [6.07, 6.45) is 4.89. The SMILES string of the molecule is CCC[C@@H](NC(=O)[C@@H](Cc1ccccc1)NC(=O)[C@H](N)Cc1ccccc1)C(=O)N[C@H](CCCCN)C(=O)N1CCC2(CC1)CN(C(C)=O)C2. The molecule has 0 bridgehead atoms. The van der Waals surface area contributed by atoms with Crippen LogP contribution in [0.1, 0.15) is 69.9 Å². The van der Waals surface area contributed by atoms with Crippen molar-refractivity contribution >= 4 is 29.5 Å². The van der Waals surface area contributed by atoms with Gasteiger partial charge in [-0.2, -0.15) is 0 Å². The van der Waals surface area contributed by atoms with Gasteiger partial charge in [-0.1, -0.05) is 74.0 Å². The van der Waals surface area contributed by atoms with Gasteiger partial charge < -0.3 is 37.2 Å². The number of piperidine rings is 1. The number of unbranched alkanes of at least 4 members (excludes halogenated alkanes) is 1. The van der Waals surface area contributed by atoms with Crippen LogP contribution in [0.5, 0.6) is 0 Å². The monoisotopic (exact) mass is 689 g/mol. The van der Waals surface area contributed by atoms with Gasteiger partial charge in [0.05, 0.1) is 6.04 Å². The summed E-state index contributed by atoms with van der Waals surface area (Å²) < 4.78 is 0. The second-order valence-electron chi connectivity index (χ2n) is 13.9. The Morgan fingerprint density at radius 1 is 0.720 bits per heavy atom. The molecule has 5 amide bonds. The van der Waals surface area contributed by atoms with Crippen LogP contribution in [0.2, 0.25) is 0 Å². The van der Waals surface area contributed by atoms with Gasteiger partial charge in [-0.05, 0) is 62.6 Å². The van der Waals surface area contributed by atoms with Crippen molar-refractivity contribution in [1.82, 2.24) is 25.8 Å². The number of carbonyl (C=O) groups is 5. The van der Waals surface area contributed by atoms with Crippen LogP contribution in [0.4, 0.5) is 0 Å². The Kier molecular flexibility index (Phi) is 14.4. The van der Waals surface area contributed by atoms with Crippen molar-refractivity contribution in [1.29, 1.82) is 0 Å². The van der Waals surface area contributed by atoms with Crippen molar-refractivity contribution in [3.05, 3.63) is 71.8 Å². The molecule has 2 fully saturated rings. The molecule has 2 saturated heterocycles. The number of hydrogen-bond donors (Lipinski definition) is 5. The van der Waals surface area contributed by atoms with Crippen molar-refractivity contribution in [3.63, 3.8) is 0 Å². The number of nitrogens with two attached hydrogens (primary N) is 2. The second kappa shape index (κ2) is 18.6. The van der Waals surface area contributed by atoms with Crippen LogP contribution in [0.15, 0.2) is 60.7 Å². The molecule has 4 atom stereocenters. The molecule has 4 rings (SSSR count). The number of hydrogen-bond acceptors (Lipinski definition) is 7. The van der Waals surface area contributed by atoms with Crippen LogP contribution >= 0.6 is 0 Å². The van der Waals surface area contributed by atoms with Crippen LogP contribution in [-0.4, -0.2) is 96.2 Å². The van der Waals surface area contributed by atoms with Gasteiger partial charge in [0.2, 0.25) is 29.5 Å². The molecule has 12 heteroatoms. The lowest BCUT2D eigenvalue weighted by atomic mass is 9.72. The number of benzene rings is 2. The highest BCUT2D eigenvalue weighted by Crippen LogP contribution is 2.40. The van der Waals surface area contributed by atoms with Gasteiger partial charge in [0.15, 0.2) is 0 Å². The molecular formula is C38H55N7O5. The van der Waals surface area contributed by atoms with Crippen molar-refractivity contribution in [2.45, 2.75) is 95.8 Å². The summed E-state index contributed by atoms with van der Waals surface area (Å²) in [6, 6.07) is 15.2. The quantitative estimate of drug-likeness (QED) is 0.157. The first-order valence-electron chi connectivity index (χ1n) is 18.0. The lowest BCUT2D eigenvalue weighted by Crippen LogP contribution is -2.63. The van der Waals surface area contributed by atoms with Crippen LogP contribution in [0, 0.1) is 5.41 Å². The van der Waals surface area contributed by atoms with Gasteiger partial charge >= 0.3 is 0 Å². The van der Waals surface area contributed by atoms with Gasteiger partial charge in [-0.25, -0.2) is 0 Å². The first kappa shape index (κ1) is 38.5. The molecule has 2 aromatic carbocycles. The third-order valence-corrected chi connectivity index (χ3v) is 9.96. The number of amides is 5. The standard InChI is InChI=1S/C38H55N7O5/c1-3-12-31(35(48)42-32(17-10-11-20-39)37(50)44-21-18-38(19-22-44)25-45(26-38)27(2)46)41-36(49)33(24-29-15-8-5-9-16-29)43-34(47)30(40)23-28-13-6-4-7-14-28/h4-9,13-16,30-33H,3,10-12,17-26,39-40H2,1-2H3,(H,41,49)(H,42,48)(H,43,47)/t30-,31-,32-,33-/m1/s1. The molecule has 50 heavy (non-hydrogen) atoms. The number of likely N-dealkylation sites (tertiary alicyclic amines) is 2. The Labute approximate surface area is 296 Å². The first-order valence-corrected chi connectivity index (χ1v) is 18.0. The van der Waals surface area contributed by atoms with E-state index < -0.39 is 41.9 Å². The van der Waals surface area contributed by atoms with E-state index in [9.17, 15) is 24.0 Å². The Balaban J connectivity index is 1.42. The molecule has 2 aliphatic rings. The maximum absolute atomic E-state index is 13.8. The molecule has 7 N–H and O–H groups in total. The van der Waals surface area contributed by atoms with Crippen molar-refractivity contribution in [2.75, 3.05) is 32.7 Å². The molecule has 12 nitrogen and oxygen atoms in total. The minimum absolute atomic E-state index is 0.0639. The fourth-order valence-electron chi connectivity index (χ4n) is 6.88. The Bertz CT molecular complexity index is 1420. The van der Waals surface area contributed by atoms with E-state index in [1.807, 2.05) is 77.4 Å². The van der Waals surface area contributed by atoms with E-state index in [4.69, 9.17) is 11.5 Å². The highest BCUT2D eigenvalue weighted by Gasteiger charge is 2.47. The second-order valence-corrected chi connectivity index (χ2v) is 13.9. The average Bonchev–Trinajstić information content (AvgIpc) is 3.10. The van der Waals surface area contributed by atoms with Gasteiger partial charge in [-0.3, -0.25) is 24.0 Å². The van der Waals surface area contributed by atoms with E-state index in [1.54, 1.807) is 6.92 Å². The molecule has 2 aromatic rings. The average molecular weight is 690 g/mol. The molecule has 272 valence electrons. The normalized spacial score (nSPS) is 17.5. The van der Waals surface area contributed by atoms with Crippen LogP contribution in [0.25, 0.3) is 0 Å². The third kappa shape index (κ3) is 10.9. The van der Waals surface area contributed by atoms with E-state index in [0.717, 1.165) is 37.1 Å². The molecule has 0 aliphatic carbocycles. The van der Waals surface area contributed by atoms with Gasteiger partial charge in [0.25, 0.3) is 0 Å². The minimum Gasteiger partial charge on any atom is -0.343 e. The van der Waals surface area contributed by atoms with Crippen molar-refractivity contribution in [2.24, 2.45) is 16.9 Å². The molecule has 1 spiro atoms. The largest absolute Gasteiger partial charge is 0.343 e. The molecule has 0 radical (unpaired) electrons. The lowest BCUT2D eigenvalue weighted by molar-refractivity contribution is -0.149. The summed E-state index contributed by atoms with van der Waals surface area (Å²) in [6.45, 7) is 6.56. The Hall–Kier alpha value is -4.29. The topological polar surface area (TPSA) is 180 Å². The van der Waals surface area contributed by atoms with Gasteiger partial charge in [-0.15, -0.1) is 0 Å². The van der Waals surface area contributed by atoms with Gasteiger partial charge in [0, 0.05) is 44.9 Å². The Morgan fingerprint density at radius 2 is 1.26 bits per heavy atom. The van der Waals surface area contributed by atoms with E-state index in [0.29, 0.717) is 58.2 Å². The van der Waals surface area contributed by atoms with E-state index in [-0.39, 0.29) is 23.7 Å². The molecule has 0 saturated carbocycles. The fourth-order valence-corrected chi connectivity index (χ4v) is 6.88. The zero-order valence-electron chi connectivity index (χ0n) is 29.6. The number of nitrogens with zero attached hydrogens (tertiary/aromatic N) is 2. The van der Waals surface area contributed by atoms with E-state index in [2.05, 4.69) is 16.0 Å². The summed E-state index contributed by atoms with van der Waals surface area (Å²) in [5.74, 6) is -1.48. The summed E-state index contributed by atoms with van der Waals surface area (Å²) in [4.78, 5) is 70.1. The Morgan fingerprint density at radius 3 is 1.82 bits per heavy atom. The number of rotatable bonds is 17. The lowest BCUT2D eigenvalue weighted by Gasteiger charge is -2.54. The summed E-state index contributed by atoms with van der Waals surface area (Å²) in [7, 11) is 0. The molecule has 2 aliphatic heterocycles. The zero-order valence-corrected chi connectivity index (χ0v) is 29.6. The minimum atomic E-state index is -0.980. The summed E-state index contributed by atoms with van der Waals surface area (Å²) >= 11 is 0. The molecule has 0 unspecified atom stereocenters. The summed E-state index contributed by atoms with van der Waals surface area (Å²) in [5, 5.41) is 8.67. The van der Waals surface area contributed by atoms with Crippen LogP contribution in [0.3, 0.4) is 0 Å². The maximum atomic E-state index is 13.8. The highest BCUT2D eigenvalue weighted by atomic mass is 16.2. The first-order chi connectivity index (χ1) is 24.0. The molecular weight excluding hydrogens is 634 g/mol. The smallest absolute Gasteiger partial charge is 0.245 e. The van der Waals surface area contributed by atoms with Crippen molar-refractivity contribution < 1.29 is 24.0 Å².